The first-order valence-electron chi connectivity index (χ1n) is 5.92. The van der Waals surface area contributed by atoms with E-state index in [1.807, 2.05) is 13.8 Å². The molecule has 96 valence electrons. The summed E-state index contributed by atoms with van der Waals surface area (Å²) in [5.41, 5.74) is 0. The molecular weight excluding hydrogens is 217 g/mol. The van der Waals surface area contributed by atoms with Gasteiger partial charge in [0.25, 0.3) is 0 Å². The van der Waals surface area contributed by atoms with Crippen molar-refractivity contribution in [3.05, 3.63) is 0 Å². The summed E-state index contributed by atoms with van der Waals surface area (Å²) in [4.78, 5) is 1.57. The lowest BCUT2D eigenvalue weighted by Gasteiger charge is -2.23. The molecular formula is C11H21F3N2. The van der Waals surface area contributed by atoms with Gasteiger partial charge in [0.1, 0.15) is 0 Å². The molecule has 0 atom stereocenters. The highest BCUT2D eigenvalue weighted by Crippen LogP contribution is 2.29. The molecule has 0 radical (unpaired) electrons. The zero-order chi connectivity index (χ0) is 12.2. The van der Waals surface area contributed by atoms with Crippen LogP contribution in [0, 0.1) is 0 Å². The summed E-state index contributed by atoms with van der Waals surface area (Å²) in [5, 5.41) is 3.22. The number of halogens is 3. The summed E-state index contributed by atoms with van der Waals surface area (Å²) in [5.74, 6) is 0. The summed E-state index contributed by atoms with van der Waals surface area (Å²) < 4.78 is 36.8. The van der Waals surface area contributed by atoms with Gasteiger partial charge in [-0.15, -0.1) is 0 Å². The monoisotopic (exact) mass is 238 g/mol. The predicted octanol–water partition coefficient (Wildman–Crippen LogP) is 2.40. The first-order chi connectivity index (χ1) is 7.38. The highest BCUT2D eigenvalue weighted by Gasteiger charge is 2.37. The standard InChI is InChI=1S/C11H21F3N2/c1-9(2)15-6-3-7-16(10-4-5-10)8-11(12,13)14/h9-10,15H,3-8H2,1-2H3. The maximum Gasteiger partial charge on any atom is 0.401 e. The van der Waals surface area contributed by atoms with E-state index in [-0.39, 0.29) is 6.04 Å². The zero-order valence-corrected chi connectivity index (χ0v) is 9.98. The Labute approximate surface area is 95.2 Å². The maximum absolute atomic E-state index is 12.3. The topological polar surface area (TPSA) is 15.3 Å². The molecule has 0 aliphatic heterocycles. The van der Waals surface area contributed by atoms with Crippen molar-refractivity contribution in [2.24, 2.45) is 0 Å². The second kappa shape index (κ2) is 5.87. The van der Waals surface area contributed by atoms with E-state index in [9.17, 15) is 13.2 Å². The maximum atomic E-state index is 12.3. The van der Waals surface area contributed by atoms with Gasteiger partial charge in [-0.05, 0) is 32.4 Å². The molecule has 16 heavy (non-hydrogen) atoms. The lowest BCUT2D eigenvalue weighted by Crippen LogP contribution is -2.38. The van der Waals surface area contributed by atoms with Gasteiger partial charge in [0.15, 0.2) is 0 Å². The van der Waals surface area contributed by atoms with Crippen molar-refractivity contribution >= 4 is 0 Å². The van der Waals surface area contributed by atoms with Gasteiger partial charge in [-0.2, -0.15) is 13.2 Å². The van der Waals surface area contributed by atoms with Crippen LogP contribution in [-0.4, -0.2) is 42.8 Å². The van der Waals surface area contributed by atoms with Crippen LogP contribution in [0.2, 0.25) is 0 Å². The van der Waals surface area contributed by atoms with Crippen LogP contribution in [0.1, 0.15) is 33.1 Å². The number of nitrogens with one attached hydrogen (secondary N) is 1. The van der Waals surface area contributed by atoms with Gasteiger partial charge in [0.05, 0.1) is 6.54 Å². The molecule has 0 bridgehead atoms. The van der Waals surface area contributed by atoms with Crippen molar-refractivity contribution in [1.82, 2.24) is 10.2 Å². The molecule has 1 aliphatic carbocycles. The van der Waals surface area contributed by atoms with Crippen molar-refractivity contribution in [2.75, 3.05) is 19.6 Å². The van der Waals surface area contributed by atoms with Crippen molar-refractivity contribution in [3.63, 3.8) is 0 Å². The SMILES string of the molecule is CC(C)NCCCN(CC(F)(F)F)C1CC1. The average Bonchev–Trinajstić information content (AvgIpc) is 2.90. The van der Waals surface area contributed by atoms with E-state index in [1.54, 1.807) is 4.90 Å². The smallest absolute Gasteiger partial charge is 0.314 e. The Morgan fingerprint density at radius 2 is 1.94 bits per heavy atom. The summed E-state index contributed by atoms with van der Waals surface area (Å²) >= 11 is 0. The van der Waals surface area contributed by atoms with E-state index in [2.05, 4.69) is 5.32 Å². The number of nitrogens with zero attached hydrogens (tertiary/aromatic N) is 1. The summed E-state index contributed by atoms with van der Waals surface area (Å²) in [6.45, 7) is 4.66. The van der Waals surface area contributed by atoms with Crippen molar-refractivity contribution in [3.8, 4) is 0 Å². The number of alkyl halides is 3. The Balaban J connectivity index is 2.18. The Kier molecular flexibility index (Phi) is 5.05. The minimum absolute atomic E-state index is 0.181. The summed E-state index contributed by atoms with van der Waals surface area (Å²) in [6, 6.07) is 0.581. The molecule has 0 amide bonds. The van der Waals surface area contributed by atoms with Gasteiger partial charge in [0, 0.05) is 12.1 Å². The Morgan fingerprint density at radius 3 is 2.38 bits per heavy atom. The minimum Gasteiger partial charge on any atom is -0.314 e. The van der Waals surface area contributed by atoms with E-state index >= 15 is 0 Å². The molecule has 0 aromatic rings. The van der Waals surface area contributed by atoms with E-state index in [0.29, 0.717) is 12.6 Å². The molecule has 0 unspecified atom stereocenters. The molecule has 0 aromatic carbocycles. The zero-order valence-electron chi connectivity index (χ0n) is 9.98. The largest absolute Gasteiger partial charge is 0.401 e. The number of hydrogen-bond acceptors (Lipinski definition) is 2. The molecule has 0 aromatic heterocycles. The Hall–Kier alpha value is -0.290. The summed E-state index contributed by atoms with van der Waals surface area (Å²) in [7, 11) is 0. The molecule has 1 N–H and O–H groups in total. The van der Waals surface area contributed by atoms with E-state index < -0.39 is 12.7 Å². The molecule has 0 heterocycles. The molecule has 1 fully saturated rings. The Morgan fingerprint density at radius 1 is 1.31 bits per heavy atom. The van der Waals surface area contributed by atoms with Crippen LogP contribution in [0.15, 0.2) is 0 Å². The number of rotatable bonds is 7. The fourth-order valence-electron chi connectivity index (χ4n) is 1.73. The molecule has 1 saturated carbocycles. The van der Waals surface area contributed by atoms with Gasteiger partial charge < -0.3 is 5.32 Å². The van der Waals surface area contributed by atoms with E-state index in [1.165, 1.54) is 0 Å². The van der Waals surface area contributed by atoms with Crippen molar-refractivity contribution in [2.45, 2.75) is 51.4 Å². The van der Waals surface area contributed by atoms with Gasteiger partial charge in [0.2, 0.25) is 0 Å². The van der Waals surface area contributed by atoms with Crippen LogP contribution in [0.25, 0.3) is 0 Å². The van der Waals surface area contributed by atoms with Crippen LogP contribution in [-0.2, 0) is 0 Å². The fraction of sp³-hybridized carbons (Fsp3) is 1.00. The third kappa shape index (κ3) is 6.33. The first kappa shape index (κ1) is 13.8. The molecule has 0 spiro atoms. The second-order valence-corrected chi connectivity index (χ2v) is 4.78. The third-order valence-electron chi connectivity index (χ3n) is 2.62. The third-order valence-corrected chi connectivity index (χ3v) is 2.62. The number of hydrogen-bond donors (Lipinski definition) is 1. The van der Waals surface area contributed by atoms with Crippen molar-refractivity contribution in [1.29, 1.82) is 0 Å². The normalized spacial score (nSPS) is 17.4. The van der Waals surface area contributed by atoms with Gasteiger partial charge in [-0.1, -0.05) is 13.8 Å². The van der Waals surface area contributed by atoms with Crippen LogP contribution in [0.5, 0.6) is 0 Å². The quantitative estimate of drug-likeness (QED) is 0.685. The minimum atomic E-state index is -4.06. The molecule has 0 saturated heterocycles. The van der Waals surface area contributed by atoms with E-state index in [0.717, 1.165) is 25.8 Å². The highest BCUT2D eigenvalue weighted by atomic mass is 19.4. The lowest BCUT2D eigenvalue weighted by atomic mass is 10.3. The molecule has 1 rings (SSSR count). The predicted molar refractivity (Wildman–Crippen MR) is 58.4 cm³/mol. The van der Waals surface area contributed by atoms with Gasteiger partial charge in [-0.3, -0.25) is 4.90 Å². The van der Waals surface area contributed by atoms with E-state index in [4.69, 9.17) is 0 Å². The van der Waals surface area contributed by atoms with Crippen LogP contribution < -0.4 is 5.32 Å². The molecule has 2 nitrogen and oxygen atoms in total. The van der Waals surface area contributed by atoms with Gasteiger partial charge in [-0.25, -0.2) is 0 Å². The lowest BCUT2D eigenvalue weighted by molar-refractivity contribution is -0.147. The van der Waals surface area contributed by atoms with Crippen LogP contribution >= 0.6 is 0 Å². The first-order valence-corrected chi connectivity index (χ1v) is 5.92. The average molecular weight is 238 g/mol. The summed E-state index contributed by atoms with van der Waals surface area (Å²) in [6.07, 6.45) is -1.43. The highest BCUT2D eigenvalue weighted by molar-refractivity contribution is 4.85. The van der Waals surface area contributed by atoms with Gasteiger partial charge >= 0.3 is 6.18 Å². The van der Waals surface area contributed by atoms with Crippen LogP contribution in [0.4, 0.5) is 13.2 Å². The second-order valence-electron chi connectivity index (χ2n) is 4.78. The fourth-order valence-corrected chi connectivity index (χ4v) is 1.73. The Bertz CT molecular complexity index is 200. The molecule has 5 heteroatoms. The van der Waals surface area contributed by atoms with Crippen molar-refractivity contribution < 1.29 is 13.2 Å². The van der Waals surface area contributed by atoms with Crippen LogP contribution in [0.3, 0.4) is 0 Å². The molecule has 1 aliphatic rings.